The number of halogens is 1. The smallest absolute Gasteiger partial charge is 0.258 e. The van der Waals surface area contributed by atoms with Gasteiger partial charge >= 0.3 is 0 Å². The van der Waals surface area contributed by atoms with Crippen LogP contribution in [0.3, 0.4) is 0 Å². The molecule has 0 unspecified atom stereocenters. The van der Waals surface area contributed by atoms with Gasteiger partial charge in [0.05, 0.1) is 5.02 Å². The fourth-order valence-corrected chi connectivity index (χ4v) is 3.14. The predicted octanol–water partition coefficient (Wildman–Crippen LogP) is 2.39. The van der Waals surface area contributed by atoms with Gasteiger partial charge in [0.15, 0.2) is 6.61 Å². The Balaban J connectivity index is 1.59. The number of benzene rings is 1. The minimum atomic E-state index is -0.561. The Morgan fingerprint density at radius 2 is 2.08 bits per heavy atom. The first-order valence-corrected chi connectivity index (χ1v) is 8.68. The minimum Gasteiger partial charge on any atom is -0.481 e. The van der Waals surface area contributed by atoms with Crippen molar-refractivity contribution in [3.05, 3.63) is 35.5 Å². The van der Waals surface area contributed by atoms with Crippen LogP contribution in [0.15, 0.2) is 30.5 Å². The van der Waals surface area contributed by atoms with E-state index in [1.54, 1.807) is 36.2 Å². The van der Waals surface area contributed by atoms with E-state index in [-0.39, 0.29) is 18.4 Å². The third-order valence-corrected chi connectivity index (χ3v) is 4.53. The van der Waals surface area contributed by atoms with Gasteiger partial charge in [-0.25, -0.2) is 0 Å². The lowest BCUT2D eigenvalue weighted by Gasteiger charge is -2.21. The first kappa shape index (κ1) is 17.5. The van der Waals surface area contributed by atoms with Crippen molar-refractivity contribution in [1.82, 2.24) is 15.2 Å². The average molecular weight is 362 g/mol. The number of carbonyl (C=O) groups excluding carboxylic acids is 2. The molecule has 6 nitrogen and oxygen atoms in total. The van der Waals surface area contributed by atoms with Gasteiger partial charge in [0, 0.05) is 24.7 Å². The molecule has 25 heavy (non-hydrogen) atoms. The molecule has 0 aliphatic carbocycles. The van der Waals surface area contributed by atoms with E-state index in [0.29, 0.717) is 16.3 Å². The number of hydrogen-bond donors (Lipinski definition) is 1. The SMILES string of the molecule is C[C@H](NC(=O)COc1ccc(Cl)c2cccnc12)C(=O)N1CCCC1. The molecule has 1 aliphatic heterocycles. The maximum absolute atomic E-state index is 12.2. The van der Waals surface area contributed by atoms with Gasteiger partial charge in [-0.1, -0.05) is 11.6 Å². The zero-order valence-electron chi connectivity index (χ0n) is 14.0. The molecule has 132 valence electrons. The second-order valence-electron chi connectivity index (χ2n) is 6.06. The quantitative estimate of drug-likeness (QED) is 0.887. The van der Waals surface area contributed by atoms with E-state index in [0.717, 1.165) is 31.3 Å². The maximum atomic E-state index is 12.2. The van der Waals surface area contributed by atoms with Crippen molar-refractivity contribution >= 4 is 34.3 Å². The highest BCUT2D eigenvalue weighted by molar-refractivity contribution is 6.35. The van der Waals surface area contributed by atoms with Crippen LogP contribution in [0.1, 0.15) is 19.8 Å². The lowest BCUT2D eigenvalue weighted by atomic mass is 10.2. The topological polar surface area (TPSA) is 71.5 Å². The van der Waals surface area contributed by atoms with Crippen LogP contribution in [0, 0.1) is 0 Å². The van der Waals surface area contributed by atoms with Gasteiger partial charge in [-0.2, -0.15) is 0 Å². The molecule has 3 rings (SSSR count). The van der Waals surface area contributed by atoms with Crippen molar-refractivity contribution in [2.45, 2.75) is 25.8 Å². The van der Waals surface area contributed by atoms with Crippen LogP contribution < -0.4 is 10.1 Å². The Bertz CT molecular complexity index is 790. The molecule has 1 fully saturated rings. The Morgan fingerprint density at radius 3 is 2.84 bits per heavy atom. The molecule has 1 aromatic carbocycles. The van der Waals surface area contributed by atoms with Gasteiger partial charge < -0.3 is 15.0 Å². The number of rotatable bonds is 5. The van der Waals surface area contributed by atoms with Crippen LogP contribution in [0.5, 0.6) is 5.75 Å². The maximum Gasteiger partial charge on any atom is 0.258 e. The summed E-state index contributed by atoms with van der Waals surface area (Å²) >= 11 is 6.14. The summed E-state index contributed by atoms with van der Waals surface area (Å²) in [7, 11) is 0. The molecule has 0 saturated carbocycles. The second kappa shape index (κ2) is 7.70. The van der Waals surface area contributed by atoms with Crippen LogP contribution in [-0.4, -0.2) is 47.4 Å². The highest BCUT2D eigenvalue weighted by Gasteiger charge is 2.24. The van der Waals surface area contributed by atoms with E-state index in [9.17, 15) is 9.59 Å². The molecule has 1 N–H and O–H groups in total. The first-order chi connectivity index (χ1) is 12.1. The van der Waals surface area contributed by atoms with Crippen molar-refractivity contribution in [2.24, 2.45) is 0 Å². The summed E-state index contributed by atoms with van der Waals surface area (Å²) in [5, 5.41) is 4.02. The molecule has 1 aromatic heterocycles. The Morgan fingerprint density at radius 1 is 1.32 bits per heavy atom. The number of carbonyl (C=O) groups is 2. The third kappa shape index (κ3) is 4.02. The summed E-state index contributed by atoms with van der Waals surface area (Å²) in [5.41, 5.74) is 0.601. The zero-order chi connectivity index (χ0) is 17.8. The molecular weight excluding hydrogens is 342 g/mol. The zero-order valence-corrected chi connectivity index (χ0v) is 14.8. The number of nitrogens with zero attached hydrogens (tertiary/aromatic N) is 2. The van der Waals surface area contributed by atoms with Crippen molar-refractivity contribution in [2.75, 3.05) is 19.7 Å². The van der Waals surface area contributed by atoms with Crippen LogP contribution >= 0.6 is 11.6 Å². The Kier molecular flexibility index (Phi) is 5.38. The molecule has 1 aliphatic rings. The van der Waals surface area contributed by atoms with Crippen molar-refractivity contribution in [3.8, 4) is 5.75 Å². The van der Waals surface area contributed by atoms with E-state index in [1.807, 2.05) is 6.07 Å². The van der Waals surface area contributed by atoms with Gasteiger partial charge in [-0.3, -0.25) is 14.6 Å². The lowest BCUT2D eigenvalue weighted by Crippen LogP contribution is -2.47. The van der Waals surface area contributed by atoms with Crippen LogP contribution in [0.4, 0.5) is 0 Å². The van der Waals surface area contributed by atoms with E-state index in [2.05, 4.69) is 10.3 Å². The fourth-order valence-electron chi connectivity index (χ4n) is 2.93. The molecule has 1 atom stereocenters. The monoisotopic (exact) mass is 361 g/mol. The Labute approximate surface area is 151 Å². The highest BCUT2D eigenvalue weighted by atomic mass is 35.5. The fraction of sp³-hybridized carbons (Fsp3) is 0.389. The minimum absolute atomic E-state index is 0.0514. The van der Waals surface area contributed by atoms with Gasteiger partial charge in [0.25, 0.3) is 5.91 Å². The van der Waals surface area contributed by atoms with Gasteiger partial charge in [-0.05, 0) is 44.0 Å². The van der Waals surface area contributed by atoms with Gasteiger partial charge in [0.1, 0.15) is 17.3 Å². The predicted molar refractivity (Wildman–Crippen MR) is 95.7 cm³/mol. The van der Waals surface area contributed by atoms with Crippen molar-refractivity contribution in [3.63, 3.8) is 0 Å². The van der Waals surface area contributed by atoms with Crippen LogP contribution in [-0.2, 0) is 9.59 Å². The summed E-state index contributed by atoms with van der Waals surface area (Å²) in [6.45, 7) is 3.03. The molecule has 2 heterocycles. The van der Waals surface area contributed by atoms with Gasteiger partial charge in [-0.15, -0.1) is 0 Å². The third-order valence-electron chi connectivity index (χ3n) is 4.20. The standard InChI is InChI=1S/C18H20ClN3O3/c1-12(18(24)22-9-2-3-10-22)21-16(23)11-25-15-7-6-14(19)13-5-4-8-20-17(13)15/h4-8,12H,2-3,9-11H2,1H3,(H,21,23)/t12-/m0/s1. The molecule has 0 radical (unpaired) electrons. The number of likely N-dealkylation sites (tertiary alicyclic amines) is 1. The largest absolute Gasteiger partial charge is 0.481 e. The summed E-state index contributed by atoms with van der Waals surface area (Å²) in [4.78, 5) is 30.3. The highest BCUT2D eigenvalue weighted by Crippen LogP contribution is 2.29. The lowest BCUT2D eigenvalue weighted by molar-refractivity contribution is -0.135. The first-order valence-electron chi connectivity index (χ1n) is 8.30. The molecule has 7 heteroatoms. The number of amides is 2. The number of ether oxygens (including phenoxy) is 1. The van der Waals surface area contributed by atoms with Gasteiger partial charge in [0.2, 0.25) is 5.91 Å². The van der Waals surface area contributed by atoms with E-state index in [4.69, 9.17) is 16.3 Å². The Hall–Kier alpha value is -2.34. The normalized spacial score (nSPS) is 15.2. The molecule has 1 saturated heterocycles. The summed E-state index contributed by atoms with van der Waals surface area (Å²) < 4.78 is 5.58. The number of aromatic nitrogens is 1. The number of pyridine rings is 1. The average Bonchev–Trinajstić information content (AvgIpc) is 3.15. The summed E-state index contributed by atoms with van der Waals surface area (Å²) in [6, 6.07) is 6.46. The summed E-state index contributed by atoms with van der Waals surface area (Å²) in [5.74, 6) is 0.0807. The molecule has 0 spiro atoms. The molecule has 0 bridgehead atoms. The van der Waals surface area contributed by atoms with Crippen LogP contribution in [0.25, 0.3) is 10.9 Å². The second-order valence-corrected chi connectivity index (χ2v) is 6.46. The molecule has 2 amide bonds. The number of hydrogen-bond acceptors (Lipinski definition) is 4. The summed E-state index contributed by atoms with van der Waals surface area (Å²) in [6.07, 6.45) is 3.68. The van der Waals surface area contributed by atoms with Crippen LogP contribution in [0.2, 0.25) is 5.02 Å². The van der Waals surface area contributed by atoms with E-state index >= 15 is 0 Å². The molecular formula is C18H20ClN3O3. The van der Waals surface area contributed by atoms with Crippen molar-refractivity contribution < 1.29 is 14.3 Å². The molecule has 2 aromatic rings. The van der Waals surface area contributed by atoms with E-state index in [1.165, 1.54) is 0 Å². The van der Waals surface area contributed by atoms with E-state index < -0.39 is 6.04 Å². The number of fused-ring (bicyclic) bond motifs is 1. The van der Waals surface area contributed by atoms with Crippen molar-refractivity contribution in [1.29, 1.82) is 0 Å². The number of nitrogens with one attached hydrogen (secondary N) is 1.